The lowest BCUT2D eigenvalue weighted by Crippen LogP contribution is -2.44. The fraction of sp³-hybridized carbons (Fsp3) is 0.435. The van der Waals surface area contributed by atoms with Crippen LogP contribution in [-0.2, 0) is 18.0 Å². The van der Waals surface area contributed by atoms with Gasteiger partial charge in [0.05, 0.1) is 11.1 Å². The Morgan fingerprint density at radius 2 is 1.66 bits per heavy atom. The van der Waals surface area contributed by atoms with Gasteiger partial charge in [0.25, 0.3) is 0 Å². The topological polar surface area (TPSA) is 49.3 Å². The molecule has 0 atom stereocenters. The molecule has 0 amide bonds. The molecule has 6 heteroatoms. The summed E-state index contributed by atoms with van der Waals surface area (Å²) in [6, 6.07) is 12.5. The molecule has 0 fully saturated rings. The van der Waals surface area contributed by atoms with E-state index in [1.807, 2.05) is 44.7 Å². The van der Waals surface area contributed by atoms with Crippen molar-refractivity contribution in [3.63, 3.8) is 0 Å². The first-order valence-corrected chi connectivity index (χ1v) is 12.1. The zero-order valence-electron chi connectivity index (χ0n) is 18.0. The maximum atomic E-state index is 6.01. The number of aliphatic imine (C=N–C) groups is 1. The van der Waals surface area contributed by atoms with Gasteiger partial charge in [-0.05, 0) is 56.7 Å². The second-order valence-electron chi connectivity index (χ2n) is 7.50. The molecule has 1 heterocycles. The van der Waals surface area contributed by atoms with Crippen LogP contribution in [0, 0.1) is 0 Å². The molecule has 0 radical (unpaired) electrons. The SMILES string of the molecule is CCO[Si](/C=C/c1ccc2ccccc2c1C1=NC(C)(C)CO1)(OCC)OCC. The van der Waals surface area contributed by atoms with E-state index >= 15 is 0 Å². The predicted octanol–water partition coefficient (Wildman–Crippen LogP) is 5.00. The summed E-state index contributed by atoms with van der Waals surface area (Å²) >= 11 is 0. The van der Waals surface area contributed by atoms with Crippen LogP contribution in [0.2, 0.25) is 0 Å². The lowest BCUT2D eigenvalue weighted by Gasteiger charge is -2.25. The van der Waals surface area contributed by atoms with Crippen molar-refractivity contribution in [1.82, 2.24) is 0 Å². The second kappa shape index (κ2) is 9.22. The van der Waals surface area contributed by atoms with Gasteiger partial charge in [-0.3, -0.25) is 0 Å². The van der Waals surface area contributed by atoms with Crippen LogP contribution in [0.3, 0.4) is 0 Å². The minimum Gasteiger partial charge on any atom is -0.475 e. The van der Waals surface area contributed by atoms with Crippen molar-refractivity contribution in [2.45, 2.75) is 40.2 Å². The van der Waals surface area contributed by atoms with Gasteiger partial charge >= 0.3 is 8.80 Å². The number of fused-ring (bicyclic) bond motifs is 1. The fourth-order valence-electron chi connectivity index (χ4n) is 3.44. The van der Waals surface area contributed by atoms with E-state index in [-0.39, 0.29) is 5.54 Å². The molecule has 3 rings (SSSR count). The molecule has 0 saturated heterocycles. The molecule has 0 unspecified atom stereocenters. The zero-order chi connectivity index (χ0) is 20.9. The minimum atomic E-state index is -2.90. The molecule has 29 heavy (non-hydrogen) atoms. The second-order valence-corrected chi connectivity index (χ2v) is 9.91. The van der Waals surface area contributed by atoms with Gasteiger partial charge in [-0.1, -0.05) is 42.5 Å². The van der Waals surface area contributed by atoms with Crippen LogP contribution in [0.5, 0.6) is 0 Å². The van der Waals surface area contributed by atoms with Gasteiger partial charge in [-0.2, -0.15) is 0 Å². The predicted molar refractivity (Wildman–Crippen MR) is 120 cm³/mol. The summed E-state index contributed by atoms with van der Waals surface area (Å²) in [4.78, 5) is 4.83. The van der Waals surface area contributed by atoms with Crippen molar-refractivity contribution in [1.29, 1.82) is 0 Å². The first-order chi connectivity index (χ1) is 13.9. The smallest absolute Gasteiger partial charge is 0.475 e. The van der Waals surface area contributed by atoms with Crippen LogP contribution >= 0.6 is 0 Å². The Labute approximate surface area is 174 Å². The van der Waals surface area contributed by atoms with E-state index < -0.39 is 8.80 Å². The molecule has 1 aliphatic rings. The lowest BCUT2D eigenvalue weighted by atomic mass is 9.98. The van der Waals surface area contributed by atoms with Crippen molar-refractivity contribution in [3.05, 3.63) is 53.2 Å². The first-order valence-electron chi connectivity index (χ1n) is 10.3. The van der Waals surface area contributed by atoms with Gasteiger partial charge in [0.2, 0.25) is 5.90 Å². The van der Waals surface area contributed by atoms with Crippen molar-refractivity contribution < 1.29 is 18.0 Å². The summed E-state index contributed by atoms with van der Waals surface area (Å²) < 4.78 is 23.9. The molecule has 0 saturated carbocycles. The Hall–Kier alpha value is -1.99. The summed E-state index contributed by atoms with van der Waals surface area (Å²) in [6.45, 7) is 12.2. The van der Waals surface area contributed by atoms with Crippen molar-refractivity contribution in [2.24, 2.45) is 4.99 Å². The normalized spacial score (nSPS) is 16.4. The highest BCUT2D eigenvalue weighted by atomic mass is 28.4. The Kier molecular flexibility index (Phi) is 6.90. The fourth-order valence-corrected chi connectivity index (χ4v) is 5.57. The van der Waals surface area contributed by atoms with Gasteiger partial charge in [0.1, 0.15) is 6.61 Å². The Bertz CT molecular complexity index is 890. The van der Waals surface area contributed by atoms with Crippen LogP contribution < -0.4 is 0 Å². The van der Waals surface area contributed by atoms with E-state index in [9.17, 15) is 0 Å². The Morgan fingerprint density at radius 3 is 2.24 bits per heavy atom. The molecular weight excluding hydrogens is 382 g/mol. The number of hydrogen-bond acceptors (Lipinski definition) is 5. The third kappa shape index (κ3) is 4.95. The van der Waals surface area contributed by atoms with Crippen LogP contribution in [0.1, 0.15) is 45.7 Å². The number of nitrogens with zero attached hydrogens (tertiary/aromatic N) is 1. The molecule has 2 aromatic rings. The number of hydrogen-bond donors (Lipinski definition) is 0. The third-order valence-electron chi connectivity index (χ3n) is 4.65. The summed E-state index contributed by atoms with van der Waals surface area (Å²) in [5, 5.41) is 2.26. The molecule has 0 bridgehead atoms. The highest BCUT2D eigenvalue weighted by Crippen LogP contribution is 2.30. The van der Waals surface area contributed by atoms with Gasteiger partial charge < -0.3 is 18.0 Å². The minimum absolute atomic E-state index is 0.228. The van der Waals surface area contributed by atoms with E-state index in [1.54, 1.807) is 0 Å². The molecule has 0 spiro atoms. The maximum Gasteiger partial charge on any atom is 0.529 e. The summed E-state index contributed by atoms with van der Waals surface area (Å²) in [5.74, 6) is 0.683. The van der Waals surface area contributed by atoms with Crippen LogP contribution in [-0.4, -0.2) is 46.7 Å². The van der Waals surface area contributed by atoms with Crippen molar-refractivity contribution in [3.8, 4) is 0 Å². The quantitative estimate of drug-likeness (QED) is 0.543. The van der Waals surface area contributed by atoms with E-state index in [2.05, 4.69) is 38.1 Å². The summed E-state index contributed by atoms with van der Waals surface area (Å²) in [7, 11) is -2.90. The molecule has 0 aliphatic carbocycles. The van der Waals surface area contributed by atoms with Gasteiger partial charge in [0, 0.05) is 19.8 Å². The Morgan fingerprint density at radius 1 is 1.00 bits per heavy atom. The van der Waals surface area contributed by atoms with Gasteiger partial charge in [-0.25, -0.2) is 4.99 Å². The largest absolute Gasteiger partial charge is 0.529 e. The van der Waals surface area contributed by atoms with E-state index in [0.29, 0.717) is 32.3 Å². The molecule has 156 valence electrons. The average Bonchev–Trinajstić information content (AvgIpc) is 3.06. The third-order valence-corrected chi connectivity index (χ3v) is 7.29. The number of benzene rings is 2. The van der Waals surface area contributed by atoms with Crippen molar-refractivity contribution >= 4 is 31.6 Å². The Balaban J connectivity index is 2.11. The molecule has 2 aromatic carbocycles. The summed E-state index contributed by atoms with van der Waals surface area (Å²) in [5.41, 5.74) is 3.75. The molecule has 0 N–H and O–H groups in total. The van der Waals surface area contributed by atoms with Crippen LogP contribution in [0.4, 0.5) is 0 Å². The molecule has 5 nitrogen and oxygen atoms in total. The first kappa shape index (κ1) is 21.7. The monoisotopic (exact) mass is 413 g/mol. The van der Waals surface area contributed by atoms with Gasteiger partial charge in [-0.15, -0.1) is 0 Å². The van der Waals surface area contributed by atoms with Gasteiger partial charge in [0.15, 0.2) is 0 Å². The average molecular weight is 414 g/mol. The van der Waals surface area contributed by atoms with E-state index in [4.69, 9.17) is 23.0 Å². The molecule has 0 aromatic heterocycles. The maximum absolute atomic E-state index is 6.01. The lowest BCUT2D eigenvalue weighted by molar-refractivity contribution is 0.0845. The van der Waals surface area contributed by atoms with Crippen LogP contribution in [0.15, 0.2) is 47.1 Å². The highest BCUT2D eigenvalue weighted by Gasteiger charge is 2.37. The molecule has 1 aliphatic heterocycles. The van der Waals surface area contributed by atoms with E-state index in [0.717, 1.165) is 21.9 Å². The van der Waals surface area contributed by atoms with E-state index in [1.165, 1.54) is 0 Å². The number of ether oxygens (including phenoxy) is 1. The highest BCUT2D eigenvalue weighted by molar-refractivity contribution is 6.67. The summed E-state index contributed by atoms with van der Waals surface area (Å²) in [6.07, 6.45) is 2.03. The van der Waals surface area contributed by atoms with Crippen molar-refractivity contribution in [2.75, 3.05) is 26.4 Å². The molecular formula is C23H31NO4Si. The number of rotatable bonds is 9. The standard InChI is InChI=1S/C23H31NO4Si/c1-6-26-29(27-7-2,28-8-3)16-15-19-14-13-18-11-9-10-12-20(18)21(19)22-24-23(4,5)17-25-22/h9-16H,6-8,17H2,1-5H3/b16-15+. The van der Waals surface area contributed by atoms with Crippen LogP contribution in [0.25, 0.3) is 16.8 Å². The zero-order valence-corrected chi connectivity index (χ0v) is 19.0.